The Labute approximate surface area is 185 Å². The van der Waals surface area contributed by atoms with Crippen molar-refractivity contribution in [3.63, 3.8) is 0 Å². The van der Waals surface area contributed by atoms with Gasteiger partial charge < -0.3 is 9.84 Å². The molecule has 0 aliphatic carbocycles. The van der Waals surface area contributed by atoms with E-state index in [-0.39, 0.29) is 29.8 Å². The van der Waals surface area contributed by atoms with Crippen molar-refractivity contribution in [2.24, 2.45) is 5.92 Å². The fraction of sp³-hybridized carbons (Fsp3) is 0.318. The number of nitrogens with zero attached hydrogens (tertiary/aromatic N) is 3. The van der Waals surface area contributed by atoms with E-state index in [0.29, 0.717) is 25.2 Å². The molecular weight excluding hydrogens is 435 g/mol. The molecule has 3 aromatic rings. The molecule has 1 aromatic heterocycles. The maximum atomic E-state index is 13.1. The highest BCUT2D eigenvalue weighted by Crippen LogP contribution is 2.24. The molecule has 2 heterocycles. The monoisotopic (exact) mass is 458 g/mol. The van der Waals surface area contributed by atoms with E-state index in [2.05, 4.69) is 15.5 Å². The van der Waals surface area contributed by atoms with E-state index in [1.54, 1.807) is 0 Å². The van der Waals surface area contributed by atoms with Gasteiger partial charge in [-0.3, -0.25) is 4.79 Å². The number of aromatic nitrogens is 2. The number of aryl methyl sites for hydroxylation is 1. The molecule has 2 aromatic carbocycles. The summed E-state index contributed by atoms with van der Waals surface area (Å²) in [5.41, 5.74) is 1.93. The second-order valence-corrected chi connectivity index (χ2v) is 9.69. The fourth-order valence-corrected chi connectivity index (χ4v) is 5.11. The Hall–Kier alpha value is -3.11. The first-order valence-electron chi connectivity index (χ1n) is 10.3. The van der Waals surface area contributed by atoms with E-state index in [4.69, 9.17) is 4.52 Å². The summed E-state index contributed by atoms with van der Waals surface area (Å²) in [6, 6.07) is 12.4. The minimum Gasteiger partial charge on any atom is -0.347 e. The number of halogens is 1. The standard InChI is InChI=1S/C22H23FN4O4S/c1-15-4-6-16(7-5-15)21-25-20(31-26-21)13-24-22(28)17-3-2-12-27(14-17)32(29,30)19-10-8-18(23)9-11-19/h4-11,17H,2-3,12-14H2,1H3,(H,24,28)/t17-/m1/s1. The predicted octanol–water partition coefficient (Wildman–Crippen LogP) is 2.90. The highest BCUT2D eigenvalue weighted by Gasteiger charge is 2.33. The van der Waals surface area contributed by atoms with Crippen LogP contribution in [0.15, 0.2) is 57.9 Å². The molecule has 1 saturated heterocycles. The zero-order chi connectivity index (χ0) is 22.7. The molecule has 1 aliphatic rings. The van der Waals surface area contributed by atoms with Crippen LogP contribution in [0.5, 0.6) is 0 Å². The number of sulfonamides is 1. The van der Waals surface area contributed by atoms with Crippen molar-refractivity contribution in [2.75, 3.05) is 13.1 Å². The number of rotatable bonds is 6. The minimum atomic E-state index is -3.80. The van der Waals surface area contributed by atoms with Crippen molar-refractivity contribution in [1.29, 1.82) is 0 Å². The van der Waals surface area contributed by atoms with E-state index in [1.807, 2.05) is 31.2 Å². The van der Waals surface area contributed by atoms with Gasteiger partial charge in [0.1, 0.15) is 5.82 Å². The predicted molar refractivity (Wildman–Crippen MR) is 114 cm³/mol. The van der Waals surface area contributed by atoms with Crippen molar-refractivity contribution >= 4 is 15.9 Å². The lowest BCUT2D eigenvalue weighted by Crippen LogP contribution is -2.45. The van der Waals surface area contributed by atoms with Crippen LogP contribution in [0.2, 0.25) is 0 Å². The van der Waals surface area contributed by atoms with Gasteiger partial charge in [0.15, 0.2) is 0 Å². The van der Waals surface area contributed by atoms with Gasteiger partial charge in [-0.2, -0.15) is 9.29 Å². The van der Waals surface area contributed by atoms with Gasteiger partial charge in [0, 0.05) is 18.7 Å². The Morgan fingerprint density at radius 2 is 1.91 bits per heavy atom. The molecule has 0 bridgehead atoms. The summed E-state index contributed by atoms with van der Waals surface area (Å²) >= 11 is 0. The molecule has 0 spiro atoms. The first-order valence-corrected chi connectivity index (χ1v) is 11.7. The molecule has 32 heavy (non-hydrogen) atoms. The van der Waals surface area contributed by atoms with Crippen LogP contribution in [0, 0.1) is 18.7 Å². The van der Waals surface area contributed by atoms with E-state index < -0.39 is 21.8 Å². The Balaban J connectivity index is 1.36. The first-order chi connectivity index (χ1) is 15.3. The molecule has 1 fully saturated rings. The van der Waals surface area contributed by atoms with Gasteiger partial charge in [-0.25, -0.2) is 12.8 Å². The lowest BCUT2D eigenvalue weighted by Gasteiger charge is -2.31. The van der Waals surface area contributed by atoms with Gasteiger partial charge in [-0.05, 0) is 44.0 Å². The summed E-state index contributed by atoms with van der Waals surface area (Å²) < 4.78 is 45.3. The van der Waals surface area contributed by atoms with Crippen molar-refractivity contribution in [3.8, 4) is 11.4 Å². The summed E-state index contributed by atoms with van der Waals surface area (Å²) in [6.45, 7) is 2.41. The van der Waals surface area contributed by atoms with Crippen molar-refractivity contribution in [3.05, 3.63) is 65.8 Å². The maximum absolute atomic E-state index is 13.1. The molecule has 1 atom stereocenters. The van der Waals surface area contributed by atoms with Crippen molar-refractivity contribution in [1.82, 2.24) is 19.8 Å². The van der Waals surface area contributed by atoms with Crippen LogP contribution in [-0.4, -0.2) is 41.9 Å². The third-order valence-electron chi connectivity index (χ3n) is 5.40. The number of hydrogen-bond acceptors (Lipinski definition) is 6. The molecule has 0 radical (unpaired) electrons. The molecule has 168 valence electrons. The quantitative estimate of drug-likeness (QED) is 0.609. The molecular formula is C22H23FN4O4S. The molecule has 0 unspecified atom stereocenters. The van der Waals surface area contributed by atoms with Crippen molar-refractivity contribution in [2.45, 2.75) is 31.2 Å². The molecule has 1 amide bonds. The summed E-state index contributed by atoms with van der Waals surface area (Å²) in [7, 11) is -3.80. The topological polar surface area (TPSA) is 105 Å². The van der Waals surface area contributed by atoms with Crippen LogP contribution in [0.4, 0.5) is 4.39 Å². The second kappa shape index (κ2) is 9.17. The number of hydrogen-bond donors (Lipinski definition) is 1. The van der Waals surface area contributed by atoms with E-state index in [0.717, 1.165) is 23.3 Å². The Bertz CT molecular complexity index is 1190. The van der Waals surface area contributed by atoms with Crippen LogP contribution in [0.1, 0.15) is 24.3 Å². The average Bonchev–Trinajstić information content (AvgIpc) is 3.27. The Morgan fingerprint density at radius 1 is 1.19 bits per heavy atom. The van der Waals surface area contributed by atoms with Crippen LogP contribution < -0.4 is 5.32 Å². The van der Waals surface area contributed by atoms with Gasteiger partial charge in [-0.15, -0.1) is 0 Å². The smallest absolute Gasteiger partial charge is 0.246 e. The summed E-state index contributed by atoms with van der Waals surface area (Å²) in [5, 5.41) is 6.69. The molecule has 1 N–H and O–H groups in total. The summed E-state index contributed by atoms with van der Waals surface area (Å²) in [4.78, 5) is 17.0. The van der Waals surface area contributed by atoms with E-state index >= 15 is 0 Å². The van der Waals surface area contributed by atoms with Gasteiger partial charge >= 0.3 is 0 Å². The number of piperidine rings is 1. The molecule has 8 nitrogen and oxygen atoms in total. The summed E-state index contributed by atoms with van der Waals surface area (Å²) in [5.74, 6) is -0.590. The number of carbonyl (C=O) groups excluding carboxylic acids is 1. The highest BCUT2D eigenvalue weighted by molar-refractivity contribution is 7.89. The summed E-state index contributed by atoms with van der Waals surface area (Å²) in [6.07, 6.45) is 1.12. The van der Waals surface area contributed by atoms with Crippen LogP contribution in [-0.2, 0) is 21.4 Å². The average molecular weight is 459 g/mol. The number of benzene rings is 2. The zero-order valence-electron chi connectivity index (χ0n) is 17.5. The van der Waals surface area contributed by atoms with Crippen LogP contribution in [0.3, 0.4) is 0 Å². The zero-order valence-corrected chi connectivity index (χ0v) is 18.3. The number of carbonyl (C=O) groups is 1. The van der Waals surface area contributed by atoms with Gasteiger partial charge in [0.05, 0.1) is 17.4 Å². The minimum absolute atomic E-state index is 0.00875. The molecule has 1 aliphatic heterocycles. The third kappa shape index (κ3) is 4.86. The molecule has 10 heteroatoms. The first kappa shape index (κ1) is 22.1. The SMILES string of the molecule is Cc1ccc(-c2noc(CNC(=O)[C@@H]3CCCN(S(=O)(=O)c4ccc(F)cc4)C3)n2)cc1. The van der Waals surface area contributed by atoms with Crippen LogP contribution >= 0.6 is 0 Å². The van der Waals surface area contributed by atoms with Crippen LogP contribution in [0.25, 0.3) is 11.4 Å². The maximum Gasteiger partial charge on any atom is 0.246 e. The number of amides is 1. The normalized spacial score (nSPS) is 17.2. The largest absolute Gasteiger partial charge is 0.347 e. The number of nitrogens with one attached hydrogen (secondary N) is 1. The van der Waals surface area contributed by atoms with Gasteiger partial charge in [0.2, 0.25) is 27.6 Å². The van der Waals surface area contributed by atoms with Gasteiger partial charge in [-0.1, -0.05) is 35.0 Å². The highest BCUT2D eigenvalue weighted by atomic mass is 32.2. The third-order valence-corrected chi connectivity index (χ3v) is 7.28. The lowest BCUT2D eigenvalue weighted by atomic mass is 9.99. The van der Waals surface area contributed by atoms with E-state index in [1.165, 1.54) is 16.4 Å². The fourth-order valence-electron chi connectivity index (χ4n) is 3.58. The second-order valence-electron chi connectivity index (χ2n) is 7.75. The van der Waals surface area contributed by atoms with Crippen molar-refractivity contribution < 1.29 is 22.1 Å². The molecule has 0 saturated carbocycles. The Morgan fingerprint density at radius 3 is 2.62 bits per heavy atom. The lowest BCUT2D eigenvalue weighted by molar-refractivity contribution is -0.126. The Kier molecular flexibility index (Phi) is 6.33. The molecule has 4 rings (SSSR count). The van der Waals surface area contributed by atoms with Gasteiger partial charge in [0.25, 0.3) is 0 Å². The van der Waals surface area contributed by atoms with E-state index in [9.17, 15) is 17.6 Å².